The summed E-state index contributed by atoms with van der Waals surface area (Å²) >= 11 is 1.31. The van der Waals surface area contributed by atoms with E-state index in [0.29, 0.717) is 26.9 Å². The molecule has 0 saturated heterocycles. The number of hydrogen-bond donors (Lipinski definition) is 0. The van der Waals surface area contributed by atoms with Crippen LogP contribution in [0, 0.1) is 11.6 Å². The molecule has 7 heteroatoms. The molecule has 2 aromatic heterocycles. The number of nitrogens with zero attached hydrogens (tertiary/aromatic N) is 2. The summed E-state index contributed by atoms with van der Waals surface area (Å²) in [7, 11) is 0. The van der Waals surface area contributed by atoms with Crippen LogP contribution in [-0.2, 0) is 6.54 Å². The minimum Gasteiger partial charge on any atom is -0.292 e. The Balaban J connectivity index is 1.74. The number of ketones is 1. The summed E-state index contributed by atoms with van der Waals surface area (Å²) in [5.74, 6) is -1.12. The predicted molar refractivity (Wildman–Crippen MR) is 100 cm³/mol. The number of halogens is 2. The van der Waals surface area contributed by atoms with Crippen LogP contribution in [-0.4, -0.2) is 15.3 Å². The fraction of sp³-hybridized carbons (Fsp3) is 0.0500. The summed E-state index contributed by atoms with van der Waals surface area (Å²) in [5, 5.41) is 2.18. The molecule has 0 fully saturated rings. The van der Waals surface area contributed by atoms with E-state index in [0.717, 1.165) is 0 Å². The topological polar surface area (TPSA) is 52.0 Å². The average Bonchev–Trinajstić information content (AvgIpc) is 3.10. The summed E-state index contributed by atoms with van der Waals surface area (Å²) in [6.45, 7) is -0.202. The van der Waals surface area contributed by atoms with Gasteiger partial charge in [-0.3, -0.25) is 14.2 Å². The van der Waals surface area contributed by atoms with Crippen molar-refractivity contribution in [1.82, 2.24) is 9.55 Å². The maximum atomic E-state index is 13.2. The van der Waals surface area contributed by atoms with Gasteiger partial charge in [-0.1, -0.05) is 12.1 Å². The van der Waals surface area contributed by atoms with Gasteiger partial charge in [0.05, 0.1) is 18.3 Å². The van der Waals surface area contributed by atoms with E-state index in [2.05, 4.69) is 4.98 Å². The number of hydrogen-bond acceptors (Lipinski definition) is 4. The van der Waals surface area contributed by atoms with Gasteiger partial charge in [0.1, 0.15) is 16.5 Å². The van der Waals surface area contributed by atoms with Crippen LogP contribution in [0.3, 0.4) is 0 Å². The van der Waals surface area contributed by atoms with Gasteiger partial charge in [-0.2, -0.15) is 0 Å². The third-order valence-electron chi connectivity index (χ3n) is 4.20. The Kier molecular flexibility index (Phi) is 4.37. The zero-order valence-corrected chi connectivity index (χ0v) is 14.7. The molecule has 134 valence electrons. The van der Waals surface area contributed by atoms with Crippen LogP contribution in [0.25, 0.3) is 21.3 Å². The van der Waals surface area contributed by atoms with Crippen molar-refractivity contribution in [2.75, 3.05) is 0 Å². The molecule has 0 N–H and O–H groups in total. The van der Waals surface area contributed by atoms with Crippen molar-refractivity contribution in [2.24, 2.45) is 0 Å². The fourth-order valence-corrected chi connectivity index (χ4v) is 3.71. The highest BCUT2D eigenvalue weighted by atomic mass is 32.1. The molecule has 0 aliphatic rings. The lowest BCUT2D eigenvalue weighted by molar-refractivity contribution is 0.0970. The second-order valence-corrected chi connectivity index (χ2v) is 6.80. The Labute approximate surface area is 156 Å². The maximum absolute atomic E-state index is 13.2. The largest absolute Gasteiger partial charge is 0.292 e. The van der Waals surface area contributed by atoms with Gasteiger partial charge in [-0.15, -0.1) is 11.3 Å². The molecule has 0 radical (unpaired) electrons. The summed E-state index contributed by atoms with van der Waals surface area (Å²) in [6.07, 6.45) is 1.33. The highest BCUT2D eigenvalue weighted by molar-refractivity contribution is 7.17. The lowest BCUT2D eigenvalue weighted by atomic mass is 10.1. The Morgan fingerprint density at radius 3 is 2.30 bits per heavy atom. The van der Waals surface area contributed by atoms with Crippen molar-refractivity contribution in [2.45, 2.75) is 6.54 Å². The lowest BCUT2D eigenvalue weighted by Gasteiger charge is -2.06. The third-order valence-corrected chi connectivity index (χ3v) is 5.08. The predicted octanol–water partition coefficient (Wildman–Crippen LogP) is 4.29. The summed E-state index contributed by atoms with van der Waals surface area (Å²) in [4.78, 5) is 30.1. The SMILES string of the molecule is O=C(Cn1cnc2scc(-c3ccc(F)cc3)c2c1=O)c1ccc(F)cc1. The molecule has 2 aromatic carbocycles. The smallest absolute Gasteiger partial charge is 0.263 e. The van der Waals surface area contributed by atoms with Gasteiger partial charge >= 0.3 is 0 Å². The molecular weight excluding hydrogens is 370 g/mol. The number of fused-ring (bicyclic) bond motifs is 1. The van der Waals surface area contributed by atoms with E-state index in [1.807, 2.05) is 0 Å². The van der Waals surface area contributed by atoms with Crippen molar-refractivity contribution in [1.29, 1.82) is 0 Å². The van der Waals surface area contributed by atoms with Gasteiger partial charge in [0.25, 0.3) is 5.56 Å². The minimum atomic E-state index is -0.436. The van der Waals surface area contributed by atoms with Crippen molar-refractivity contribution in [3.05, 3.63) is 87.8 Å². The third kappa shape index (κ3) is 3.29. The summed E-state index contributed by atoms with van der Waals surface area (Å²) in [5.41, 5.74) is 1.31. The molecule has 0 unspecified atom stereocenters. The average molecular weight is 382 g/mol. The van der Waals surface area contributed by atoms with Crippen molar-refractivity contribution in [3.8, 4) is 11.1 Å². The zero-order valence-electron chi connectivity index (χ0n) is 13.9. The van der Waals surface area contributed by atoms with E-state index in [4.69, 9.17) is 0 Å². The van der Waals surface area contributed by atoms with E-state index in [-0.39, 0.29) is 23.7 Å². The van der Waals surface area contributed by atoms with Crippen LogP contribution in [0.4, 0.5) is 8.78 Å². The molecular formula is C20H12F2N2O2S. The first-order valence-corrected chi connectivity index (χ1v) is 8.92. The van der Waals surface area contributed by atoms with Crippen LogP contribution in [0.15, 0.2) is 65.0 Å². The fourth-order valence-electron chi connectivity index (χ4n) is 2.80. The second-order valence-electron chi connectivity index (χ2n) is 5.94. The molecule has 2 heterocycles. The van der Waals surface area contributed by atoms with Crippen LogP contribution in [0.5, 0.6) is 0 Å². The first-order valence-electron chi connectivity index (χ1n) is 8.04. The Morgan fingerprint density at radius 2 is 1.63 bits per heavy atom. The Hall–Kier alpha value is -3.19. The Morgan fingerprint density at radius 1 is 1.00 bits per heavy atom. The summed E-state index contributed by atoms with van der Waals surface area (Å²) < 4.78 is 27.4. The molecule has 27 heavy (non-hydrogen) atoms. The van der Waals surface area contributed by atoms with Crippen molar-refractivity contribution >= 4 is 27.3 Å². The number of rotatable bonds is 4. The van der Waals surface area contributed by atoms with Crippen LogP contribution in [0.2, 0.25) is 0 Å². The molecule has 0 amide bonds. The monoisotopic (exact) mass is 382 g/mol. The standard InChI is InChI=1S/C20H12F2N2O2S/c21-14-5-1-12(2-6-14)16-10-27-19-18(16)20(26)24(11-23-19)9-17(25)13-3-7-15(22)8-4-13/h1-8,10-11H,9H2. The molecule has 0 spiro atoms. The van der Waals surface area contributed by atoms with Gasteiger partial charge in [-0.25, -0.2) is 13.8 Å². The van der Waals surface area contributed by atoms with E-state index in [9.17, 15) is 18.4 Å². The second kappa shape index (κ2) is 6.85. The van der Waals surface area contributed by atoms with Crippen LogP contribution >= 0.6 is 11.3 Å². The molecule has 0 saturated carbocycles. The lowest BCUT2D eigenvalue weighted by Crippen LogP contribution is -2.24. The number of thiophene rings is 1. The van der Waals surface area contributed by atoms with Crippen molar-refractivity contribution in [3.63, 3.8) is 0 Å². The first-order chi connectivity index (χ1) is 13.0. The van der Waals surface area contributed by atoms with Crippen molar-refractivity contribution < 1.29 is 13.6 Å². The van der Waals surface area contributed by atoms with E-state index < -0.39 is 5.82 Å². The number of Topliss-reactive ketones (excluding diaryl/α,β-unsaturated/α-hetero) is 1. The van der Waals surface area contributed by atoms with E-state index >= 15 is 0 Å². The van der Waals surface area contributed by atoms with Gasteiger partial charge < -0.3 is 0 Å². The molecule has 0 aliphatic carbocycles. The van der Waals surface area contributed by atoms with Gasteiger partial charge in [0.15, 0.2) is 5.78 Å². The maximum Gasteiger partial charge on any atom is 0.263 e. The highest BCUT2D eigenvalue weighted by Crippen LogP contribution is 2.30. The van der Waals surface area contributed by atoms with E-state index in [1.165, 1.54) is 58.6 Å². The first kappa shape index (κ1) is 17.2. The number of aromatic nitrogens is 2. The Bertz CT molecular complexity index is 1200. The van der Waals surface area contributed by atoms with Gasteiger partial charge in [0, 0.05) is 16.5 Å². The molecule has 4 nitrogen and oxygen atoms in total. The van der Waals surface area contributed by atoms with Crippen LogP contribution < -0.4 is 5.56 Å². The summed E-state index contributed by atoms with van der Waals surface area (Å²) in [6, 6.07) is 11.0. The van der Waals surface area contributed by atoms with Crippen LogP contribution in [0.1, 0.15) is 10.4 Å². The zero-order chi connectivity index (χ0) is 19.0. The molecule has 0 bridgehead atoms. The molecule has 0 aliphatic heterocycles. The minimum absolute atomic E-state index is 0.202. The number of carbonyl (C=O) groups excluding carboxylic acids is 1. The number of carbonyl (C=O) groups is 1. The number of benzene rings is 2. The molecule has 4 rings (SSSR count). The van der Waals surface area contributed by atoms with E-state index in [1.54, 1.807) is 17.5 Å². The highest BCUT2D eigenvalue weighted by Gasteiger charge is 2.15. The van der Waals surface area contributed by atoms with Gasteiger partial charge in [0.2, 0.25) is 0 Å². The molecule has 0 atom stereocenters. The molecule has 4 aromatic rings. The quantitative estimate of drug-likeness (QED) is 0.495. The van der Waals surface area contributed by atoms with Gasteiger partial charge in [-0.05, 0) is 42.0 Å². The normalized spacial score (nSPS) is 11.0.